The van der Waals surface area contributed by atoms with E-state index in [1.165, 1.54) is 0 Å². The number of rotatable bonds is 0. The number of para-hydroxylation sites is 1. The molecule has 0 fully saturated rings. The van der Waals surface area contributed by atoms with E-state index >= 15 is 0 Å². The van der Waals surface area contributed by atoms with Crippen molar-refractivity contribution in [3.63, 3.8) is 0 Å². The zero-order valence-corrected chi connectivity index (χ0v) is 8.04. The summed E-state index contributed by atoms with van der Waals surface area (Å²) in [4.78, 5) is 7.44. The summed E-state index contributed by atoms with van der Waals surface area (Å²) >= 11 is 0. The van der Waals surface area contributed by atoms with Crippen molar-refractivity contribution in [3.05, 3.63) is 55.2 Å². The average molecular weight is 198 g/mol. The zero-order valence-electron chi connectivity index (χ0n) is 8.04. The molecule has 4 heteroatoms. The van der Waals surface area contributed by atoms with Crippen LogP contribution in [-0.4, -0.2) is 20.2 Å². The van der Waals surface area contributed by atoms with Crippen molar-refractivity contribution in [1.82, 2.24) is 20.2 Å². The molecule has 0 aliphatic carbocycles. The second kappa shape index (κ2) is 4.85. The number of hydrogen-bond acceptors (Lipinski definition) is 3. The van der Waals surface area contributed by atoms with E-state index in [1.54, 1.807) is 24.8 Å². The van der Waals surface area contributed by atoms with Crippen LogP contribution >= 0.6 is 0 Å². The molecular formula is C11H10N4. The second-order valence-electron chi connectivity index (χ2n) is 2.85. The first-order chi connectivity index (χ1) is 7.47. The van der Waals surface area contributed by atoms with Gasteiger partial charge in [0.2, 0.25) is 0 Å². The molecule has 0 aliphatic rings. The van der Waals surface area contributed by atoms with E-state index in [9.17, 15) is 0 Å². The van der Waals surface area contributed by atoms with Crippen molar-refractivity contribution in [2.75, 3.05) is 0 Å². The van der Waals surface area contributed by atoms with Gasteiger partial charge in [0.25, 0.3) is 0 Å². The molecule has 3 aromatic rings. The predicted octanol–water partition coefficient (Wildman–Crippen LogP) is 2.04. The summed E-state index contributed by atoms with van der Waals surface area (Å²) < 4.78 is 0. The summed E-state index contributed by atoms with van der Waals surface area (Å²) in [5, 5.41) is 7.91. The predicted molar refractivity (Wildman–Crippen MR) is 58.1 cm³/mol. The molecule has 2 aromatic heterocycles. The lowest BCUT2D eigenvalue weighted by Gasteiger charge is -1.81. The molecule has 2 heterocycles. The first kappa shape index (κ1) is 9.33. The largest absolute Gasteiger partial charge is 0.278 e. The number of nitrogens with one attached hydrogen (secondary N) is 1. The lowest BCUT2D eigenvalue weighted by atomic mass is 10.3. The molecule has 1 N–H and O–H groups in total. The zero-order chi connectivity index (χ0) is 10.3. The van der Waals surface area contributed by atoms with E-state index in [2.05, 4.69) is 20.2 Å². The molecule has 0 saturated heterocycles. The van der Waals surface area contributed by atoms with Crippen LogP contribution in [-0.2, 0) is 0 Å². The number of aromatic nitrogens is 4. The SMILES string of the molecule is c1ccc2[nH]ncc2c1.c1cnccn1. The highest BCUT2D eigenvalue weighted by molar-refractivity contribution is 5.77. The molecule has 0 unspecified atom stereocenters. The Labute approximate surface area is 87.0 Å². The number of benzene rings is 1. The van der Waals surface area contributed by atoms with Crippen LogP contribution in [0.15, 0.2) is 55.2 Å². The van der Waals surface area contributed by atoms with Crippen LogP contribution in [0.5, 0.6) is 0 Å². The van der Waals surface area contributed by atoms with Crippen molar-refractivity contribution < 1.29 is 0 Å². The Kier molecular flexibility index (Phi) is 3.02. The van der Waals surface area contributed by atoms with Gasteiger partial charge in [0.05, 0.1) is 11.7 Å². The number of H-pyrrole nitrogens is 1. The van der Waals surface area contributed by atoms with Crippen molar-refractivity contribution in [2.24, 2.45) is 0 Å². The van der Waals surface area contributed by atoms with E-state index in [4.69, 9.17) is 0 Å². The van der Waals surface area contributed by atoms with Crippen molar-refractivity contribution in [2.45, 2.75) is 0 Å². The monoisotopic (exact) mass is 198 g/mol. The molecule has 4 nitrogen and oxygen atoms in total. The highest BCUT2D eigenvalue weighted by Crippen LogP contribution is 2.06. The maximum absolute atomic E-state index is 3.88. The molecule has 0 radical (unpaired) electrons. The third-order valence-electron chi connectivity index (χ3n) is 1.83. The van der Waals surface area contributed by atoms with Gasteiger partial charge >= 0.3 is 0 Å². The highest BCUT2D eigenvalue weighted by Gasteiger charge is 1.88. The van der Waals surface area contributed by atoms with Gasteiger partial charge in [0, 0.05) is 30.2 Å². The van der Waals surface area contributed by atoms with E-state index < -0.39 is 0 Å². The van der Waals surface area contributed by atoms with Gasteiger partial charge in [-0.15, -0.1) is 0 Å². The fraction of sp³-hybridized carbons (Fsp3) is 0. The topological polar surface area (TPSA) is 54.5 Å². The Bertz CT molecular complexity index is 447. The van der Waals surface area contributed by atoms with Crippen LogP contribution in [0.25, 0.3) is 10.9 Å². The molecule has 0 saturated carbocycles. The fourth-order valence-electron chi connectivity index (χ4n) is 1.14. The Morgan fingerprint density at radius 1 is 0.867 bits per heavy atom. The van der Waals surface area contributed by atoms with E-state index in [-0.39, 0.29) is 0 Å². The molecule has 1 aromatic carbocycles. The van der Waals surface area contributed by atoms with Crippen LogP contribution in [0, 0.1) is 0 Å². The van der Waals surface area contributed by atoms with Crippen LogP contribution in [0.1, 0.15) is 0 Å². The van der Waals surface area contributed by atoms with Gasteiger partial charge in [-0.1, -0.05) is 18.2 Å². The summed E-state index contributed by atoms with van der Waals surface area (Å²) in [5.74, 6) is 0. The molecule has 0 amide bonds. The summed E-state index contributed by atoms with van der Waals surface area (Å²) in [6.07, 6.45) is 8.37. The summed E-state index contributed by atoms with van der Waals surface area (Å²) in [6, 6.07) is 8.01. The molecule has 0 spiro atoms. The first-order valence-electron chi connectivity index (χ1n) is 4.55. The number of fused-ring (bicyclic) bond motifs is 1. The Morgan fingerprint density at radius 2 is 1.53 bits per heavy atom. The van der Waals surface area contributed by atoms with Gasteiger partial charge in [0.1, 0.15) is 0 Å². The van der Waals surface area contributed by atoms with Crippen molar-refractivity contribution in [1.29, 1.82) is 0 Å². The van der Waals surface area contributed by atoms with E-state index in [0.717, 1.165) is 10.9 Å². The minimum atomic E-state index is 1.09. The maximum Gasteiger partial charge on any atom is 0.0650 e. The third-order valence-corrected chi connectivity index (χ3v) is 1.83. The van der Waals surface area contributed by atoms with Gasteiger partial charge in [0.15, 0.2) is 0 Å². The van der Waals surface area contributed by atoms with Gasteiger partial charge in [-0.05, 0) is 6.07 Å². The number of nitrogens with zero attached hydrogens (tertiary/aromatic N) is 3. The minimum Gasteiger partial charge on any atom is -0.278 e. The van der Waals surface area contributed by atoms with Crippen molar-refractivity contribution in [3.8, 4) is 0 Å². The lowest BCUT2D eigenvalue weighted by Crippen LogP contribution is -1.66. The lowest BCUT2D eigenvalue weighted by molar-refractivity contribution is 1.12. The Hall–Kier alpha value is -2.23. The molecule has 0 atom stereocenters. The molecule has 15 heavy (non-hydrogen) atoms. The van der Waals surface area contributed by atoms with Gasteiger partial charge in [-0.25, -0.2) is 0 Å². The average Bonchev–Trinajstić information content (AvgIpc) is 2.80. The number of aromatic amines is 1. The van der Waals surface area contributed by atoms with Crippen LogP contribution in [0.2, 0.25) is 0 Å². The quantitative estimate of drug-likeness (QED) is 0.601. The fourth-order valence-corrected chi connectivity index (χ4v) is 1.14. The van der Waals surface area contributed by atoms with Crippen LogP contribution in [0.3, 0.4) is 0 Å². The van der Waals surface area contributed by atoms with E-state index in [0.29, 0.717) is 0 Å². The summed E-state index contributed by atoms with van der Waals surface area (Å²) in [5.41, 5.74) is 1.09. The summed E-state index contributed by atoms with van der Waals surface area (Å²) in [6.45, 7) is 0. The molecule has 74 valence electrons. The minimum absolute atomic E-state index is 1.09. The van der Waals surface area contributed by atoms with Gasteiger partial charge in [-0.3, -0.25) is 15.1 Å². The smallest absolute Gasteiger partial charge is 0.0650 e. The van der Waals surface area contributed by atoms with Gasteiger partial charge < -0.3 is 0 Å². The molecule has 0 bridgehead atoms. The normalized spacial score (nSPS) is 9.33. The van der Waals surface area contributed by atoms with Crippen LogP contribution < -0.4 is 0 Å². The highest BCUT2D eigenvalue weighted by atomic mass is 15.1. The summed E-state index contributed by atoms with van der Waals surface area (Å²) in [7, 11) is 0. The second-order valence-corrected chi connectivity index (χ2v) is 2.85. The molecule has 3 rings (SSSR count). The maximum atomic E-state index is 3.88. The Morgan fingerprint density at radius 3 is 2.13 bits per heavy atom. The standard InChI is InChI=1S/C7H6N2.C4H4N2/c1-2-4-7-6(3-1)5-8-9-7;1-2-6-4-3-5-1/h1-5H,(H,8,9);1-4H. The van der Waals surface area contributed by atoms with Crippen molar-refractivity contribution >= 4 is 10.9 Å². The molecule has 0 aliphatic heterocycles. The van der Waals surface area contributed by atoms with E-state index in [1.807, 2.05) is 30.5 Å². The third kappa shape index (κ3) is 2.60. The Balaban J connectivity index is 0.000000124. The number of hydrogen-bond donors (Lipinski definition) is 1. The van der Waals surface area contributed by atoms with Gasteiger partial charge in [-0.2, -0.15) is 5.10 Å². The molecular weight excluding hydrogens is 188 g/mol. The first-order valence-corrected chi connectivity index (χ1v) is 4.55. The van der Waals surface area contributed by atoms with Crippen LogP contribution in [0.4, 0.5) is 0 Å².